The molecule has 3 heterocycles. The van der Waals surface area contributed by atoms with Crippen molar-refractivity contribution >= 4 is 96.7 Å². The van der Waals surface area contributed by atoms with E-state index >= 15 is 0 Å². The zero-order valence-corrected chi connectivity index (χ0v) is 26.5. The lowest BCUT2D eigenvalue weighted by molar-refractivity contribution is 0.670. The van der Waals surface area contributed by atoms with Gasteiger partial charge in [-0.1, -0.05) is 127 Å². The van der Waals surface area contributed by atoms with E-state index < -0.39 is 0 Å². The van der Waals surface area contributed by atoms with Gasteiger partial charge in [0.1, 0.15) is 11.2 Å². The molecule has 0 aliphatic heterocycles. The highest BCUT2D eigenvalue weighted by molar-refractivity contribution is 7.26. The lowest BCUT2D eigenvalue weighted by atomic mass is 9.93. The van der Waals surface area contributed by atoms with Gasteiger partial charge in [0.25, 0.3) is 0 Å². The predicted octanol–water partition coefficient (Wildman–Crippen LogP) is 13.3. The number of furan rings is 1. The summed E-state index contributed by atoms with van der Waals surface area (Å²) in [5.41, 5.74) is 7.10. The molecule has 3 aromatic heterocycles. The van der Waals surface area contributed by atoms with Gasteiger partial charge in [-0.05, 0) is 51.4 Å². The van der Waals surface area contributed by atoms with Crippen LogP contribution < -0.4 is 0 Å². The topological polar surface area (TPSA) is 26.0 Å². The highest BCUT2D eigenvalue weighted by Crippen LogP contribution is 2.46. The number of hydrogen-bond acceptors (Lipinski definition) is 3. The number of nitrogens with zero attached hydrogens (tertiary/aromatic N) is 1. The van der Waals surface area contributed by atoms with Crippen molar-refractivity contribution in [2.75, 3.05) is 0 Å². The molecule has 0 saturated heterocycles. The molecule has 0 atom stereocenters. The number of fused-ring (bicyclic) bond motifs is 14. The van der Waals surface area contributed by atoms with E-state index in [2.05, 4.69) is 152 Å². The monoisotopic (exact) mass is 627 g/mol. The Morgan fingerprint density at radius 1 is 0.458 bits per heavy atom. The van der Waals surface area contributed by atoms with Crippen molar-refractivity contribution in [2.45, 2.75) is 0 Å². The Labute approximate surface area is 279 Å². The van der Waals surface area contributed by atoms with Gasteiger partial charge in [0, 0.05) is 58.2 Å². The second-order valence-electron chi connectivity index (χ2n) is 12.6. The van der Waals surface area contributed by atoms with Crippen molar-refractivity contribution in [3.05, 3.63) is 152 Å². The fourth-order valence-corrected chi connectivity index (χ4v) is 9.12. The summed E-state index contributed by atoms with van der Waals surface area (Å²) < 4.78 is 9.42. The normalized spacial score (nSPS) is 12.2. The van der Waals surface area contributed by atoms with Crippen LogP contribution in [0.4, 0.5) is 0 Å². The molecule has 0 spiro atoms. The van der Waals surface area contributed by atoms with Gasteiger partial charge >= 0.3 is 0 Å². The van der Waals surface area contributed by atoms with Crippen LogP contribution >= 0.6 is 11.3 Å². The second kappa shape index (κ2) is 9.74. The van der Waals surface area contributed by atoms with Crippen molar-refractivity contribution in [3.63, 3.8) is 0 Å². The summed E-state index contributed by atoms with van der Waals surface area (Å²) >= 11 is 1.87. The van der Waals surface area contributed by atoms with E-state index in [4.69, 9.17) is 9.40 Å². The average Bonchev–Trinajstić information content (AvgIpc) is 3.74. The van der Waals surface area contributed by atoms with E-state index in [0.717, 1.165) is 39.1 Å². The standard InChI is InChI=1S/C45H25NOS/c1-2-11-27(12-3-1)43-35-22-21-33-32-16-8-9-17-39(32)48-45(33)40(35)34-20-18-29(25-37(34)46-43)36-24-28-13-5-7-15-31(28)42-41-30-14-6-4-10-26(30)19-23-38(41)47-44(36)42/h1-25H. The van der Waals surface area contributed by atoms with Gasteiger partial charge in [-0.3, -0.25) is 0 Å². The number of pyridine rings is 1. The van der Waals surface area contributed by atoms with Gasteiger partial charge in [-0.25, -0.2) is 4.98 Å². The molecular formula is C45H25NOS. The quantitative estimate of drug-likeness (QED) is 0.178. The summed E-state index contributed by atoms with van der Waals surface area (Å²) in [4.78, 5) is 5.42. The molecule has 0 radical (unpaired) electrons. The summed E-state index contributed by atoms with van der Waals surface area (Å²) in [6, 6.07) is 54.5. The molecule has 3 heteroatoms. The molecule has 0 saturated carbocycles. The molecule has 11 rings (SSSR count). The third-order valence-electron chi connectivity index (χ3n) is 10.0. The van der Waals surface area contributed by atoms with Crippen molar-refractivity contribution in [3.8, 4) is 22.4 Å². The fourth-order valence-electron chi connectivity index (χ4n) is 7.86. The third kappa shape index (κ3) is 3.59. The minimum Gasteiger partial charge on any atom is -0.455 e. The largest absolute Gasteiger partial charge is 0.455 e. The molecular weight excluding hydrogens is 603 g/mol. The van der Waals surface area contributed by atoms with E-state index in [1.54, 1.807) is 0 Å². The molecule has 11 aromatic rings. The molecule has 0 unspecified atom stereocenters. The summed E-state index contributed by atoms with van der Waals surface area (Å²) in [6.45, 7) is 0. The van der Waals surface area contributed by atoms with Crippen molar-refractivity contribution in [1.82, 2.24) is 4.98 Å². The summed E-state index contributed by atoms with van der Waals surface area (Å²) in [5.74, 6) is 0. The maximum atomic E-state index is 6.80. The van der Waals surface area contributed by atoms with Crippen LogP contribution in [0.25, 0.3) is 108 Å². The van der Waals surface area contributed by atoms with Crippen LogP contribution in [-0.4, -0.2) is 4.98 Å². The van der Waals surface area contributed by atoms with Gasteiger partial charge in [-0.2, -0.15) is 0 Å². The Bertz CT molecular complexity index is 3110. The summed E-state index contributed by atoms with van der Waals surface area (Å²) in [7, 11) is 0. The highest BCUT2D eigenvalue weighted by atomic mass is 32.1. The molecule has 0 bridgehead atoms. The van der Waals surface area contributed by atoms with Gasteiger partial charge in [0.2, 0.25) is 0 Å². The number of aromatic nitrogens is 1. The maximum Gasteiger partial charge on any atom is 0.143 e. The molecule has 2 nitrogen and oxygen atoms in total. The van der Waals surface area contributed by atoms with E-state index in [1.165, 1.54) is 68.6 Å². The molecule has 0 fully saturated rings. The van der Waals surface area contributed by atoms with Crippen LogP contribution in [0.15, 0.2) is 156 Å². The van der Waals surface area contributed by atoms with E-state index in [-0.39, 0.29) is 0 Å². The number of rotatable bonds is 2. The van der Waals surface area contributed by atoms with Gasteiger partial charge in [0.15, 0.2) is 0 Å². The van der Waals surface area contributed by atoms with Crippen molar-refractivity contribution in [1.29, 1.82) is 0 Å². The fraction of sp³-hybridized carbons (Fsp3) is 0. The van der Waals surface area contributed by atoms with Crippen LogP contribution in [-0.2, 0) is 0 Å². The van der Waals surface area contributed by atoms with Crippen LogP contribution in [0.5, 0.6) is 0 Å². The molecule has 8 aromatic carbocycles. The molecule has 222 valence electrons. The van der Waals surface area contributed by atoms with E-state index in [0.29, 0.717) is 0 Å². The Balaban J connectivity index is 1.26. The summed E-state index contributed by atoms with van der Waals surface area (Å²) in [5, 5.41) is 13.4. The first kappa shape index (κ1) is 26.1. The molecule has 0 aliphatic rings. The lowest BCUT2D eigenvalue weighted by Gasteiger charge is -2.13. The van der Waals surface area contributed by atoms with E-state index in [1.807, 2.05) is 11.3 Å². The smallest absolute Gasteiger partial charge is 0.143 e. The zero-order chi connectivity index (χ0) is 31.3. The third-order valence-corrected chi connectivity index (χ3v) is 11.2. The summed E-state index contributed by atoms with van der Waals surface area (Å²) in [6.07, 6.45) is 0. The van der Waals surface area contributed by atoms with Gasteiger partial charge in [-0.15, -0.1) is 11.3 Å². The minimum atomic E-state index is 0.907. The number of thiophene rings is 1. The number of hydrogen-bond donors (Lipinski definition) is 0. The lowest BCUT2D eigenvalue weighted by Crippen LogP contribution is -1.91. The van der Waals surface area contributed by atoms with Gasteiger partial charge < -0.3 is 4.42 Å². The Morgan fingerprint density at radius 3 is 2.04 bits per heavy atom. The first-order valence-electron chi connectivity index (χ1n) is 16.3. The molecule has 0 N–H and O–H groups in total. The first-order chi connectivity index (χ1) is 23.8. The Hall–Kier alpha value is -6.03. The minimum absolute atomic E-state index is 0.907. The molecule has 48 heavy (non-hydrogen) atoms. The molecule has 0 aliphatic carbocycles. The van der Waals surface area contributed by atoms with E-state index in [9.17, 15) is 0 Å². The SMILES string of the molecule is c1ccc(-c2nc3cc(-c4cc5ccccc5c5c4oc4ccc6ccccc6c45)ccc3c3c2ccc2c4ccccc4sc23)cc1. The van der Waals surface area contributed by atoms with Crippen molar-refractivity contribution in [2.24, 2.45) is 0 Å². The Morgan fingerprint density at radius 2 is 1.17 bits per heavy atom. The predicted molar refractivity (Wildman–Crippen MR) is 205 cm³/mol. The second-order valence-corrected chi connectivity index (χ2v) is 13.7. The van der Waals surface area contributed by atoms with Crippen LogP contribution in [0.1, 0.15) is 0 Å². The Kier molecular flexibility index (Phi) is 5.29. The van der Waals surface area contributed by atoms with Gasteiger partial charge in [0.05, 0.1) is 11.2 Å². The average molecular weight is 628 g/mol. The van der Waals surface area contributed by atoms with Crippen molar-refractivity contribution < 1.29 is 4.42 Å². The number of benzene rings is 8. The van der Waals surface area contributed by atoms with Crippen LogP contribution in [0.2, 0.25) is 0 Å². The highest BCUT2D eigenvalue weighted by Gasteiger charge is 2.20. The molecule has 0 amide bonds. The zero-order valence-electron chi connectivity index (χ0n) is 25.7. The van der Waals surface area contributed by atoms with Crippen LogP contribution in [0.3, 0.4) is 0 Å². The first-order valence-corrected chi connectivity index (χ1v) is 17.1. The van der Waals surface area contributed by atoms with Crippen LogP contribution in [0, 0.1) is 0 Å². The maximum absolute atomic E-state index is 6.80.